The van der Waals surface area contributed by atoms with Gasteiger partial charge < -0.3 is 14.7 Å². The summed E-state index contributed by atoms with van der Waals surface area (Å²) >= 11 is 0. The van der Waals surface area contributed by atoms with E-state index in [4.69, 9.17) is 4.74 Å². The molecule has 8 nitrogen and oxygen atoms in total. The molecule has 0 bridgehead atoms. The number of rotatable bonds is 10. The zero-order chi connectivity index (χ0) is 27.6. The number of hydrogen-bond acceptors (Lipinski definition) is 7. The van der Waals surface area contributed by atoms with Gasteiger partial charge in [0.15, 0.2) is 15.6 Å². The fourth-order valence-electron chi connectivity index (χ4n) is 5.98. The van der Waals surface area contributed by atoms with Crippen molar-refractivity contribution in [2.75, 3.05) is 25.4 Å². The first kappa shape index (κ1) is 27.3. The number of aromatic nitrogens is 1. The monoisotopic (exact) mass is 550 g/mol. The van der Waals surface area contributed by atoms with Gasteiger partial charge in [0, 0.05) is 47.5 Å². The highest BCUT2D eigenvalue weighted by Crippen LogP contribution is 2.40. The van der Waals surface area contributed by atoms with Crippen LogP contribution in [0.25, 0.3) is 10.9 Å². The van der Waals surface area contributed by atoms with Crippen molar-refractivity contribution in [3.63, 3.8) is 0 Å². The maximum Gasteiger partial charge on any atom is 0.225 e. The molecule has 0 radical (unpaired) electrons. The van der Waals surface area contributed by atoms with Gasteiger partial charge in [-0.15, -0.1) is 0 Å². The number of ketones is 1. The molecule has 2 fully saturated rings. The highest BCUT2D eigenvalue weighted by Gasteiger charge is 2.50. The third-order valence-electron chi connectivity index (χ3n) is 7.82. The molecule has 1 N–H and O–H groups in total. The van der Waals surface area contributed by atoms with Gasteiger partial charge in [0.2, 0.25) is 5.91 Å². The number of aliphatic hydroxyl groups is 1. The molecule has 2 heterocycles. The van der Waals surface area contributed by atoms with Crippen molar-refractivity contribution in [3.8, 4) is 5.75 Å². The first-order valence-electron chi connectivity index (χ1n) is 13.4. The van der Waals surface area contributed by atoms with Crippen LogP contribution in [-0.4, -0.2) is 60.5 Å². The Morgan fingerprint density at radius 1 is 1.08 bits per heavy atom. The summed E-state index contributed by atoms with van der Waals surface area (Å²) in [7, 11) is -3.75. The molecule has 206 valence electrons. The Bertz CT molecular complexity index is 1470. The Labute approximate surface area is 228 Å². The lowest BCUT2D eigenvalue weighted by atomic mass is 9.76. The lowest BCUT2D eigenvalue weighted by Gasteiger charge is -2.50. The third kappa shape index (κ3) is 5.99. The number of nitrogens with zero attached hydrogens (tertiary/aromatic N) is 2. The van der Waals surface area contributed by atoms with Crippen LogP contribution in [0.4, 0.5) is 0 Å². The van der Waals surface area contributed by atoms with Crippen molar-refractivity contribution in [1.82, 2.24) is 9.88 Å². The molecule has 0 spiro atoms. The highest BCUT2D eigenvalue weighted by atomic mass is 32.2. The first-order valence-corrected chi connectivity index (χ1v) is 15.1. The maximum absolute atomic E-state index is 13.4. The van der Waals surface area contributed by atoms with Gasteiger partial charge in [0.25, 0.3) is 0 Å². The summed E-state index contributed by atoms with van der Waals surface area (Å²) in [6.07, 6.45) is 3.72. The molecule has 1 aliphatic heterocycles. The van der Waals surface area contributed by atoms with Crippen molar-refractivity contribution in [2.24, 2.45) is 11.3 Å². The molecule has 1 saturated heterocycles. The van der Waals surface area contributed by atoms with Crippen LogP contribution in [0.1, 0.15) is 43.4 Å². The SMILES string of the molecule is Cc1cc(COc2ccc(S(=O)(=O)CC3(CC(=O)CO)CN(C(=O)C4CCCC4)C3)cc2)c2ccccc2n1. The molecule has 1 saturated carbocycles. The minimum atomic E-state index is -3.75. The standard InChI is InChI=1S/C30H34N2O6S/c1-21-14-23(27-8-4-5-9-28(27)31-21)17-38-25-10-12-26(13-11-25)39(36,37)20-30(15-24(34)16-33)18-32(19-30)29(35)22-6-2-3-7-22/h4-5,8-14,22,33H,2-3,6-7,15-20H2,1H3. The van der Waals surface area contributed by atoms with Crippen LogP contribution in [-0.2, 0) is 26.0 Å². The van der Waals surface area contributed by atoms with E-state index in [2.05, 4.69) is 4.98 Å². The number of pyridine rings is 1. The number of carbonyl (C=O) groups is 2. The van der Waals surface area contributed by atoms with E-state index in [0.29, 0.717) is 12.4 Å². The smallest absolute Gasteiger partial charge is 0.225 e. The number of para-hydroxylation sites is 1. The predicted octanol–water partition coefficient (Wildman–Crippen LogP) is 3.87. The summed E-state index contributed by atoms with van der Waals surface area (Å²) in [5.41, 5.74) is 1.89. The molecule has 1 aromatic heterocycles. The summed E-state index contributed by atoms with van der Waals surface area (Å²) in [5, 5.41) is 10.3. The van der Waals surface area contributed by atoms with E-state index in [1.54, 1.807) is 17.0 Å². The summed E-state index contributed by atoms with van der Waals surface area (Å²) in [5.74, 6) is -0.0938. The van der Waals surface area contributed by atoms with Crippen LogP contribution in [0.5, 0.6) is 5.75 Å². The number of hydrogen-bond donors (Lipinski definition) is 1. The molecule has 39 heavy (non-hydrogen) atoms. The largest absolute Gasteiger partial charge is 0.489 e. The maximum atomic E-state index is 13.4. The lowest BCUT2D eigenvalue weighted by Crippen LogP contribution is -2.62. The average molecular weight is 551 g/mol. The molecule has 9 heteroatoms. The minimum absolute atomic E-state index is 0.00486. The van der Waals surface area contributed by atoms with Crippen molar-refractivity contribution in [2.45, 2.75) is 50.5 Å². The van der Waals surface area contributed by atoms with Gasteiger partial charge in [-0.1, -0.05) is 31.0 Å². The van der Waals surface area contributed by atoms with Crippen molar-refractivity contribution in [1.29, 1.82) is 0 Å². The highest BCUT2D eigenvalue weighted by molar-refractivity contribution is 7.91. The molecule has 1 aliphatic carbocycles. The van der Waals surface area contributed by atoms with E-state index in [1.807, 2.05) is 37.3 Å². The summed E-state index contributed by atoms with van der Waals surface area (Å²) in [6.45, 7) is 2.04. The Hall–Kier alpha value is -3.30. The summed E-state index contributed by atoms with van der Waals surface area (Å²) < 4.78 is 32.8. The number of sulfone groups is 1. The van der Waals surface area contributed by atoms with Crippen LogP contribution < -0.4 is 4.74 Å². The van der Waals surface area contributed by atoms with Crippen LogP contribution in [0.15, 0.2) is 59.5 Å². The van der Waals surface area contributed by atoms with Crippen molar-refractivity contribution < 1.29 is 27.9 Å². The number of carbonyl (C=O) groups excluding carboxylic acids is 2. The zero-order valence-corrected chi connectivity index (χ0v) is 23.0. The van der Waals surface area contributed by atoms with E-state index in [9.17, 15) is 23.1 Å². The molecule has 0 unspecified atom stereocenters. The van der Waals surface area contributed by atoms with Gasteiger partial charge in [0.05, 0.1) is 16.2 Å². The van der Waals surface area contributed by atoms with Gasteiger partial charge in [-0.2, -0.15) is 0 Å². The Morgan fingerprint density at radius 2 is 1.77 bits per heavy atom. The van der Waals surface area contributed by atoms with Crippen LogP contribution >= 0.6 is 0 Å². The molecule has 5 rings (SSSR count). The van der Waals surface area contributed by atoms with E-state index < -0.39 is 27.6 Å². The first-order chi connectivity index (χ1) is 18.7. The number of benzene rings is 2. The van der Waals surface area contributed by atoms with Crippen LogP contribution in [0.2, 0.25) is 0 Å². The number of amides is 1. The van der Waals surface area contributed by atoms with Gasteiger partial charge in [-0.3, -0.25) is 14.6 Å². The lowest BCUT2D eigenvalue weighted by molar-refractivity contribution is -0.149. The fraction of sp³-hybridized carbons (Fsp3) is 0.433. The van der Waals surface area contributed by atoms with E-state index in [-0.39, 0.29) is 42.0 Å². The summed E-state index contributed by atoms with van der Waals surface area (Å²) in [4.78, 5) is 31.3. The molecular formula is C30H34N2O6S. The van der Waals surface area contributed by atoms with Crippen molar-refractivity contribution in [3.05, 3.63) is 65.9 Å². The van der Waals surface area contributed by atoms with E-state index >= 15 is 0 Å². The Morgan fingerprint density at radius 3 is 2.46 bits per heavy atom. The van der Waals surface area contributed by atoms with Crippen LogP contribution in [0.3, 0.4) is 0 Å². The quantitative estimate of drug-likeness (QED) is 0.408. The molecule has 0 atom stereocenters. The van der Waals surface area contributed by atoms with Crippen LogP contribution in [0, 0.1) is 18.3 Å². The van der Waals surface area contributed by atoms with Gasteiger partial charge in [0.1, 0.15) is 19.0 Å². The molecule has 2 aromatic carbocycles. The minimum Gasteiger partial charge on any atom is -0.489 e. The second-order valence-corrected chi connectivity index (χ2v) is 13.0. The number of aliphatic hydroxyl groups excluding tert-OH is 1. The predicted molar refractivity (Wildman–Crippen MR) is 147 cm³/mol. The van der Waals surface area contributed by atoms with Gasteiger partial charge >= 0.3 is 0 Å². The second kappa shape index (κ2) is 11.1. The topological polar surface area (TPSA) is 114 Å². The van der Waals surface area contributed by atoms with Gasteiger partial charge in [-0.25, -0.2) is 8.42 Å². The fourth-order valence-corrected chi connectivity index (χ4v) is 7.79. The second-order valence-electron chi connectivity index (χ2n) is 11.0. The number of aryl methyl sites for hydroxylation is 1. The number of fused-ring (bicyclic) bond motifs is 1. The average Bonchev–Trinajstić information content (AvgIpc) is 3.44. The molecule has 2 aliphatic rings. The summed E-state index contributed by atoms with van der Waals surface area (Å²) in [6, 6.07) is 16.1. The normalized spacial score (nSPS) is 17.2. The Balaban J connectivity index is 1.26. The van der Waals surface area contributed by atoms with Gasteiger partial charge in [-0.05, 0) is 56.2 Å². The number of likely N-dealkylation sites (tertiary alicyclic amines) is 1. The third-order valence-corrected chi connectivity index (χ3v) is 9.80. The molecule has 3 aromatic rings. The molecular weight excluding hydrogens is 516 g/mol. The number of Topliss-reactive ketones (excluding diaryl/α,β-unsaturated/α-hetero) is 1. The molecule has 1 amide bonds. The van der Waals surface area contributed by atoms with E-state index in [0.717, 1.165) is 47.8 Å². The Kier molecular flexibility index (Phi) is 7.73. The number of ether oxygens (including phenoxy) is 1. The zero-order valence-electron chi connectivity index (χ0n) is 22.1. The van der Waals surface area contributed by atoms with E-state index in [1.165, 1.54) is 12.1 Å². The van der Waals surface area contributed by atoms with Crippen molar-refractivity contribution >= 4 is 32.4 Å².